The fourth-order valence-corrected chi connectivity index (χ4v) is 2.47. The van der Waals surface area contributed by atoms with Crippen molar-refractivity contribution in [2.45, 2.75) is 6.54 Å². The number of nitrogens with one attached hydrogen (secondary N) is 1. The summed E-state index contributed by atoms with van der Waals surface area (Å²) in [5.41, 5.74) is 7.87. The molecule has 0 saturated carbocycles. The van der Waals surface area contributed by atoms with Crippen molar-refractivity contribution in [2.24, 2.45) is 0 Å². The molecule has 0 atom stereocenters. The molecule has 0 saturated heterocycles. The molecule has 0 unspecified atom stereocenters. The Labute approximate surface area is 134 Å². The maximum absolute atomic E-state index is 14.1. The number of hydroxylamine groups is 1. The number of carbonyl (C=O) groups excluding carboxylic acids is 1. The summed E-state index contributed by atoms with van der Waals surface area (Å²) < 4.78 is 15.8. The lowest BCUT2D eigenvalue weighted by atomic mass is 10.1. The Morgan fingerprint density at radius 2 is 2.17 bits per heavy atom. The predicted molar refractivity (Wildman–Crippen MR) is 81.7 cm³/mol. The van der Waals surface area contributed by atoms with Gasteiger partial charge in [-0.2, -0.15) is 4.98 Å². The molecule has 9 heteroatoms. The van der Waals surface area contributed by atoms with Crippen molar-refractivity contribution in [3.63, 3.8) is 0 Å². The number of hydrogen-bond donors (Lipinski definition) is 3. The summed E-state index contributed by atoms with van der Waals surface area (Å²) in [6, 6.07) is 5.62. The third kappa shape index (κ3) is 2.81. The zero-order valence-electron chi connectivity index (χ0n) is 11.6. The molecule has 0 spiro atoms. The normalized spacial score (nSPS) is 10.9. The van der Waals surface area contributed by atoms with E-state index >= 15 is 0 Å². The Kier molecular flexibility index (Phi) is 3.85. The van der Waals surface area contributed by atoms with Gasteiger partial charge in [0.15, 0.2) is 0 Å². The molecular weight excluding hydrogens is 325 g/mol. The molecule has 0 radical (unpaired) electrons. The molecule has 0 aliphatic heterocycles. The van der Waals surface area contributed by atoms with Crippen molar-refractivity contribution in [1.82, 2.24) is 20.0 Å². The lowest BCUT2D eigenvalue weighted by Crippen LogP contribution is -2.19. The number of hydrogen-bond acceptors (Lipinski definition) is 5. The Bertz CT molecular complexity index is 912. The van der Waals surface area contributed by atoms with Crippen molar-refractivity contribution in [1.29, 1.82) is 0 Å². The quantitative estimate of drug-likeness (QED) is 0.385. The van der Waals surface area contributed by atoms with E-state index in [-0.39, 0.29) is 23.2 Å². The highest BCUT2D eigenvalue weighted by Gasteiger charge is 2.13. The van der Waals surface area contributed by atoms with Crippen molar-refractivity contribution in [3.8, 4) is 0 Å². The second-order valence-corrected chi connectivity index (χ2v) is 5.16. The van der Waals surface area contributed by atoms with Crippen LogP contribution in [0.25, 0.3) is 11.0 Å². The van der Waals surface area contributed by atoms with E-state index in [4.69, 9.17) is 22.5 Å². The SMILES string of the molecule is Nc1nc(Cl)c2ccn(Cc3ccc(C(=O)NO)cc3F)c2n1. The van der Waals surface area contributed by atoms with Crippen LogP contribution in [0.3, 0.4) is 0 Å². The van der Waals surface area contributed by atoms with Gasteiger partial charge in [-0.15, -0.1) is 0 Å². The Morgan fingerprint density at radius 1 is 1.39 bits per heavy atom. The molecule has 2 aromatic heterocycles. The number of amides is 1. The first kappa shape index (κ1) is 15.2. The summed E-state index contributed by atoms with van der Waals surface area (Å²) >= 11 is 5.99. The summed E-state index contributed by atoms with van der Waals surface area (Å²) in [5.74, 6) is -1.34. The van der Waals surface area contributed by atoms with Crippen molar-refractivity contribution < 1.29 is 14.4 Å². The van der Waals surface area contributed by atoms with Crippen LogP contribution in [0.5, 0.6) is 0 Å². The highest BCUT2D eigenvalue weighted by molar-refractivity contribution is 6.34. The summed E-state index contributed by atoms with van der Waals surface area (Å²) in [7, 11) is 0. The fourth-order valence-electron chi connectivity index (χ4n) is 2.24. The zero-order valence-corrected chi connectivity index (χ0v) is 12.4. The Morgan fingerprint density at radius 3 is 2.87 bits per heavy atom. The van der Waals surface area contributed by atoms with E-state index in [0.29, 0.717) is 16.6 Å². The number of nitrogens with two attached hydrogens (primary N) is 1. The first-order valence-corrected chi connectivity index (χ1v) is 6.88. The maximum atomic E-state index is 14.1. The monoisotopic (exact) mass is 335 g/mol. The van der Waals surface area contributed by atoms with E-state index in [9.17, 15) is 9.18 Å². The summed E-state index contributed by atoms with van der Waals surface area (Å²) in [4.78, 5) is 19.2. The van der Waals surface area contributed by atoms with Gasteiger partial charge < -0.3 is 10.3 Å². The molecule has 1 aromatic carbocycles. The average molecular weight is 336 g/mol. The minimum absolute atomic E-state index is 0.0146. The molecule has 3 aromatic rings. The van der Waals surface area contributed by atoms with Gasteiger partial charge in [-0.25, -0.2) is 14.9 Å². The second-order valence-electron chi connectivity index (χ2n) is 4.80. The van der Waals surface area contributed by atoms with Crippen LogP contribution in [0.4, 0.5) is 10.3 Å². The molecule has 2 heterocycles. The molecule has 4 N–H and O–H groups in total. The lowest BCUT2D eigenvalue weighted by Gasteiger charge is -2.08. The van der Waals surface area contributed by atoms with Gasteiger partial charge in [-0.1, -0.05) is 17.7 Å². The summed E-state index contributed by atoms with van der Waals surface area (Å²) in [6.07, 6.45) is 1.69. The second kappa shape index (κ2) is 5.82. The van der Waals surface area contributed by atoms with Crippen molar-refractivity contribution in [2.75, 3.05) is 5.73 Å². The number of carbonyl (C=O) groups is 1. The molecule has 0 bridgehead atoms. The van der Waals surface area contributed by atoms with Gasteiger partial charge >= 0.3 is 0 Å². The largest absolute Gasteiger partial charge is 0.368 e. The van der Waals surface area contributed by atoms with Crippen LogP contribution in [0.2, 0.25) is 5.15 Å². The van der Waals surface area contributed by atoms with Gasteiger partial charge in [0, 0.05) is 17.3 Å². The first-order valence-electron chi connectivity index (χ1n) is 6.50. The van der Waals surface area contributed by atoms with E-state index in [1.165, 1.54) is 17.6 Å². The molecule has 3 rings (SSSR count). The summed E-state index contributed by atoms with van der Waals surface area (Å²) in [5, 5.41) is 9.39. The number of rotatable bonds is 3. The van der Waals surface area contributed by atoms with E-state index in [1.54, 1.807) is 16.8 Å². The highest BCUT2D eigenvalue weighted by Crippen LogP contribution is 2.23. The number of aromatic nitrogens is 3. The molecular formula is C14H11ClFN5O2. The van der Waals surface area contributed by atoms with E-state index < -0.39 is 11.7 Å². The minimum Gasteiger partial charge on any atom is -0.368 e. The molecule has 7 nitrogen and oxygen atoms in total. The number of fused-ring (bicyclic) bond motifs is 1. The highest BCUT2D eigenvalue weighted by atomic mass is 35.5. The molecule has 1 amide bonds. The van der Waals surface area contributed by atoms with Gasteiger partial charge in [-0.05, 0) is 18.2 Å². The van der Waals surface area contributed by atoms with Crippen LogP contribution < -0.4 is 11.2 Å². The maximum Gasteiger partial charge on any atom is 0.274 e. The van der Waals surface area contributed by atoms with Crippen LogP contribution in [0, 0.1) is 5.82 Å². The lowest BCUT2D eigenvalue weighted by molar-refractivity contribution is 0.0706. The number of benzene rings is 1. The third-order valence-electron chi connectivity index (χ3n) is 3.35. The molecule has 0 fully saturated rings. The molecule has 0 aliphatic carbocycles. The molecule has 118 valence electrons. The number of nitrogen functional groups attached to an aromatic ring is 1. The first-order chi connectivity index (χ1) is 11.0. The van der Waals surface area contributed by atoms with Crippen LogP contribution >= 0.6 is 11.6 Å². The smallest absolute Gasteiger partial charge is 0.274 e. The van der Waals surface area contributed by atoms with Crippen LogP contribution in [-0.2, 0) is 6.54 Å². The van der Waals surface area contributed by atoms with Crippen LogP contribution in [-0.4, -0.2) is 25.6 Å². The van der Waals surface area contributed by atoms with Gasteiger partial charge in [0.25, 0.3) is 5.91 Å². The predicted octanol–water partition coefficient (Wildman–Crippen LogP) is 1.97. The minimum atomic E-state index is -0.783. The van der Waals surface area contributed by atoms with Crippen LogP contribution in [0.1, 0.15) is 15.9 Å². The standard InChI is InChI=1S/C14H11ClFN5O2/c15-11-9-3-4-21(12(9)19-14(17)18-11)6-8-2-1-7(5-10(8)16)13(22)20-23/h1-5,23H,6H2,(H,20,22)(H2,17,18,19). The van der Waals surface area contributed by atoms with Crippen LogP contribution in [0.15, 0.2) is 30.5 Å². The van der Waals surface area contributed by atoms with Gasteiger partial charge in [0.2, 0.25) is 5.95 Å². The van der Waals surface area contributed by atoms with Gasteiger partial charge in [-0.3, -0.25) is 10.0 Å². The Hall–Kier alpha value is -2.71. The molecule has 23 heavy (non-hydrogen) atoms. The Balaban J connectivity index is 1.98. The molecule has 0 aliphatic rings. The van der Waals surface area contributed by atoms with E-state index in [2.05, 4.69) is 9.97 Å². The topological polar surface area (TPSA) is 106 Å². The zero-order chi connectivity index (χ0) is 16.6. The number of nitrogens with zero attached hydrogens (tertiary/aromatic N) is 3. The van der Waals surface area contributed by atoms with Crippen molar-refractivity contribution in [3.05, 3.63) is 52.6 Å². The number of halogens is 2. The third-order valence-corrected chi connectivity index (χ3v) is 3.64. The van der Waals surface area contributed by atoms with Crippen molar-refractivity contribution >= 4 is 34.5 Å². The number of anilines is 1. The fraction of sp³-hybridized carbons (Fsp3) is 0.0714. The van der Waals surface area contributed by atoms with Gasteiger partial charge in [0.05, 0.1) is 11.9 Å². The summed E-state index contributed by atoms with van der Waals surface area (Å²) in [6.45, 7) is 0.170. The van der Waals surface area contributed by atoms with Gasteiger partial charge in [0.1, 0.15) is 16.6 Å². The van der Waals surface area contributed by atoms with E-state index in [1.807, 2.05) is 0 Å². The average Bonchev–Trinajstić information content (AvgIpc) is 2.91. The van der Waals surface area contributed by atoms with E-state index in [0.717, 1.165) is 6.07 Å².